The fourth-order valence-corrected chi connectivity index (χ4v) is 2.88. The first-order valence-corrected chi connectivity index (χ1v) is 8.87. The summed E-state index contributed by atoms with van der Waals surface area (Å²) in [5.74, 6) is -0.330. The molecule has 3 N–H and O–H groups in total. The SMILES string of the molecule is Cc1ccccc1NC(=S)N[C@@H](CC(C)C)C(=O)N[C@H]1CCOC1=O. The summed E-state index contributed by atoms with van der Waals surface area (Å²) in [6.07, 6.45) is 1.11. The topological polar surface area (TPSA) is 79.5 Å². The first-order valence-electron chi connectivity index (χ1n) is 8.47. The molecule has 7 heteroatoms. The van der Waals surface area contributed by atoms with Gasteiger partial charge in [0.1, 0.15) is 12.1 Å². The number of hydrogen-bond acceptors (Lipinski definition) is 4. The molecule has 1 heterocycles. The molecule has 1 aliphatic heterocycles. The van der Waals surface area contributed by atoms with Crippen LogP contribution in [0.15, 0.2) is 24.3 Å². The van der Waals surface area contributed by atoms with Crippen LogP contribution >= 0.6 is 12.2 Å². The van der Waals surface area contributed by atoms with Crippen LogP contribution < -0.4 is 16.0 Å². The van der Waals surface area contributed by atoms with E-state index in [0.29, 0.717) is 30.5 Å². The highest BCUT2D eigenvalue weighted by atomic mass is 32.1. The van der Waals surface area contributed by atoms with E-state index >= 15 is 0 Å². The molecule has 25 heavy (non-hydrogen) atoms. The Kier molecular flexibility index (Phi) is 6.75. The zero-order chi connectivity index (χ0) is 18.4. The van der Waals surface area contributed by atoms with Crippen LogP contribution in [0.25, 0.3) is 0 Å². The molecule has 2 atom stereocenters. The van der Waals surface area contributed by atoms with Crippen molar-refractivity contribution in [2.45, 2.75) is 45.7 Å². The fourth-order valence-electron chi connectivity index (χ4n) is 2.63. The molecule has 0 radical (unpaired) electrons. The van der Waals surface area contributed by atoms with Crippen LogP contribution in [-0.4, -0.2) is 35.7 Å². The Bertz CT molecular complexity index is 648. The molecule has 1 amide bonds. The van der Waals surface area contributed by atoms with E-state index in [4.69, 9.17) is 17.0 Å². The fraction of sp³-hybridized carbons (Fsp3) is 0.500. The summed E-state index contributed by atoms with van der Waals surface area (Å²) in [4.78, 5) is 24.1. The van der Waals surface area contributed by atoms with Crippen LogP contribution in [0.4, 0.5) is 5.69 Å². The van der Waals surface area contributed by atoms with Crippen molar-refractivity contribution in [3.05, 3.63) is 29.8 Å². The number of carbonyl (C=O) groups is 2. The third-order valence-corrected chi connectivity index (χ3v) is 4.19. The molecule has 0 unspecified atom stereocenters. The molecule has 136 valence electrons. The van der Waals surface area contributed by atoms with Gasteiger partial charge in [-0.2, -0.15) is 0 Å². The predicted octanol–water partition coefficient (Wildman–Crippen LogP) is 2.13. The van der Waals surface area contributed by atoms with Crippen LogP contribution in [-0.2, 0) is 14.3 Å². The van der Waals surface area contributed by atoms with Crippen molar-refractivity contribution in [3.63, 3.8) is 0 Å². The van der Waals surface area contributed by atoms with Crippen LogP contribution in [0.2, 0.25) is 0 Å². The predicted molar refractivity (Wildman–Crippen MR) is 101 cm³/mol. The first-order chi connectivity index (χ1) is 11.9. The number of nitrogens with one attached hydrogen (secondary N) is 3. The number of rotatable bonds is 6. The molecule has 0 bridgehead atoms. The van der Waals surface area contributed by atoms with E-state index in [1.165, 1.54) is 0 Å². The van der Waals surface area contributed by atoms with Gasteiger partial charge >= 0.3 is 5.97 Å². The van der Waals surface area contributed by atoms with Gasteiger partial charge in [0.15, 0.2) is 5.11 Å². The van der Waals surface area contributed by atoms with E-state index < -0.39 is 12.1 Å². The van der Waals surface area contributed by atoms with Gasteiger partial charge in [-0.1, -0.05) is 32.0 Å². The van der Waals surface area contributed by atoms with Gasteiger partial charge in [0.2, 0.25) is 5.91 Å². The van der Waals surface area contributed by atoms with Gasteiger partial charge in [0.05, 0.1) is 6.61 Å². The monoisotopic (exact) mass is 363 g/mol. The van der Waals surface area contributed by atoms with E-state index in [9.17, 15) is 9.59 Å². The van der Waals surface area contributed by atoms with Crippen LogP contribution in [0.3, 0.4) is 0 Å². The molecule has 0 saturated carbocycles. The Morgan fingerprint density at radius 1 is 1.36 bits per heavy atom. The average molecular weight is 363 g/mol. The summed E-state index contributed by atoms with van der Waals surface area (Å²) in [6.45, 7) is 6.39. The zero-order valence-electron chi connectivity index (χ0n) is 14.8. The highest BCUT2D eigenvalue weighted by Gasteiger charge is 2.31. The van der Waals surface area contributed by atoms with Gasteiger partial charge in [0.25, 0.3) is 0 Å². The number of hydrogen-bond donors (Lipinski definition) is 3. The highest BCUT2D eigenvalue weighted by Crippen LogP contribution is 2.14. The minimum atomic E-state index is -0.568. The minimum Gasteiger partial charge on any atom is -0.464 e. The van der Waals surface area contributed by atoms with E-state index in [-0.39, 0.29) is 11.9 Å². The molecule has 1 aromatic carbocycles. The third kappa shape index (κ3) is 5.70. The van der Waals surface area contributed by atoms with Crippen molar-refractivity contribution in [2.75, 3.05) is 11.9 Å². The zero-order valence-corrected chi connectivity index (χ0v) is 15.6. The van der Waals surface area contributed by atoms with Crippen molar-refractivity contribution in [1.82, 2.24) is 10.6 Å². The Labute approximate surface area is 153 Å². The summed E-state index contributed by atoms with van der Waals surface area (Å²) in [6, 6.07) is 6.69. The number of amides is 1. The Hall–Kier alpha value is -2.15. The number of benzene rings is 1. The maximum absolute atomic E-state index is 12.6. The highest BCUT2D eigenvalue weighted by molar-refractivity contribution is 7.80. The molecule has 1 aromatic rings. The van der Waals surface area contributed by atoms with Crippen molar-refractivity contribution < 1.29 is 14.3 Å². The van der Waals surface area contributed by atoms with Gasteiger partial charge in [-0.05, 0) is 43.1 Å². The third-order valence-electron chi connectivity index (χ3n) is 3.97. The second-order valence-electron chi connectivity index (χ2n) is 6.61. The summed E-state index contributed by atoms with van der Waals surface area (Å²) in [7, 11) is 0. The van der Waals surface area contributed by atoms with Crippen molar-refractivity contribution in [1.29, 1.82) is 0 Å². The Balaban J connectivity index is 1.98. The van der Waals surface area contributed by atoms with E-state index in [0.717, 1.165) is 11.3 Å². The second kappa shape index (κ2) is 8.80. The van der Waals surface area contributed by atoms with Gasteiger partial charge in [0, 0.05) is 12.1 Å². The number of esters is 1. The lowest BCUT2D eigenvalue weighted by Gasteiger charge is -2.23. The average Bonchev–Trinajstić information content (AvgIpc) is 2.93. The smallest absolute Gasteiger partial charge is 0.328 e. The molecule has 6 nitrogen and oxygen atoms in total. The van der Waals surface area contributed by atoms with E-state index in [2.05, 4.69) is 16.0 Å². The number of anilines is 1. The summed E-state index contributed by atoms with van der Waals surface area (Å²) in [5.41, 5.74) is 1.95. The lowest BCUT2D eigenvalue weighted by molar-refractivity contribution is -0.141. The lowest BCUT2D eigenvalue weighted by Crippen LogP contribution is -2.52. The Morgan fingerprint density at radius 3 is 2.68 bits per heavy atom. The first kappa shape index (κ1) is 19.2. The quantitative estimate of drug-likeness (QED) is 0.531. The van der Waals surface area contributed by atoms with Crippen molar-refractivity contribution >= 4 is 34.9 Å². The molecular formula is C18H25N3O3S. The van der Waals surface area contributed by atoms with Gasteiger partial charge < -0.3 is 20.7 Å². The number of aryl methyl sites for hydroxylation is 1. The van der Waals surface area contributed by atoms with E-state index in [1.54, 1.807) is 0 Å². The van der Waals surface area contributed by atoms with Gasteiger partial charge in [-0.25, -0.2) is 4.79 Å². The van der Waals surface area contributed by atoms with Gasteiger partial charge in [-0.15, -0.1) is 0 Å². The van der Waals surface area contributed by atoms with Crippen LogP contribution in [0.1, 0.15) is 32.3 Å². The van der Waals surface area contributed by atoms with Crippen molar-refractivity contribution in [3.8, 4) is 0 Å². The summed E-state index contributed by atoms with van der Waals surface area (Å²) in [5, 5.41) is 9.32. The van der Waals surface area contributed by atoms with E-state index in [1.807, 2.05) is 45.0 Å². The number of thiocarbonyl (C=S) groups is 1. The second-order valence-corrected chi connectivity index (χ2v) is 7.02. The molecule has 0 spiro atoms. The number of carbonyl (C=O) groups excluding carboxylic acids is 2. The minimum absolute atomic E-state index is 0.244. The van der Waals surface area contributed by atoms with Gasteiger partial charge in [-0.3, -0.25) is 4.79 Å². The molecule has 1 saturated heterocycles. The Morgan fingerprint density at radius 2 is 2.08 bits per heavy atom. The molecule has 0 aromatic heterocycles. The molecule has 2 rings (SSSR count). The normalized spacial score (nSPS) is 17.8. The molecule has 1 fully saturated rings. The molecular weight excluding hydrogens is 338 g/mol. The standard InChI is InChI=1S/C18H25N3O3S/c1-11(2)10-15(16(22)19-14-8-9-24-17(14)23)21-18(25)20-13-7-5-4-6-12(13)3/h4-7,11,14-15H,8-10H2,1-3H3,(H,19,22)(H2,20,21,25)/t14-,15-/m0/s1. The van der Waals surface area contributed by atoms with Crippen LogP contribution in [0.5, 0.6) is 0 Å². The largest absolute Gasteiger partial charge is 0.464 e. The maximum Gasteiger partial charge on any atom is 0.328 e. The van der Waals surface area contributed by atoms with Crippen molar-refractivity contribution in [2.24, 2.45) is 5.92 Å². The lowest BCUT2D eigenvalue weighted by atomic mass is 10.0. The number of cyclic esters (lactones) is 1. The molecule has 1 aliphatic rings. The summed E-state index contributed by atoms with van der Waals surface area (Å²) >= 11 is 5.36. The molecule has 0 aliphatic carbocycles. The summed E-state index contributed by atoms with van der Waals surface area (Å²) < 4.78 is 4.89. The number of para-hydroxylation sites is 1. The number of ether oxygens (including phenoxy) is 1. The maximum atomic E-state index is 12.6. The van der Waals surface area contributed by atoms with Crippen LogP contribution in [0, 0.1) is 12.8 Å².